The lowest BCUT2D eigenvalue weighted by Crippen LogP contribution is -2.26. The van der Waals surface area contributed by atoms with Crippen LogP contribution in [0.5, 0.6) is 0 Å². The summed E-state index contributed by atoms with van der Waals surface area (Å²) in [6, 6.07) is 14.3. The number of nitrogens with zero attached hydrogens (tertiary/aromatic N) is 4. The Morgan fingerprint density at radius 3 is 2.33 bits per heavy atom. The van der Waals surface area contributed by atoms with E-state index in [1.807, 2.05) is 57.2 Å². The lowest BCUT2D eigenvalue weighted by Gasteiger charge is -2.11. The van der Waals surface area contributed by atoms with Crippen LogP contribution in [-0.2, 0) is 6.54 Å². The van der Waals surface area contributed by atoms with Crippen molar-refractivity contribution in [2.75, 3.05) is 0 Å². The first-order chi connectivity index (χ1) is 12.9. The number of hydrogen-bond acceptors (Lipinski definition) is 3. The molecular formula is C22H22N4O. The zero-order chi connectivity index (χ0) is 19.1. The summed E-state index contributed by atoms with van der Waals surface area (Å²) in [5, 5.41) is 9.81. The molecule has 0 aliphatic rings. The van der Waals surface area contributed by atoms with E-state index in [9.17, 15) is 4.79 Å². The third-order valence-corrected chi connectivity index (χ3v) is 4.90. The van der Waals surface area contributed by atoms with Crippen LogP contribution >= 0.6 is 0 Å². The fraction of sp³-hybridized carbons (Fsp3) is 0.227. The summed E-state index contributed by atoms with van der Waals surface area (Å²) in [7, 11) is 0. The zero-order valence-electron chi connectivity index (χ0n) is 16.0. The normalized spacial score (nSPS) is 11.3. The quantitative estimate of drug-likeness (QED) is 0.559. The molecule has 4 rings (SSSR count). The number of aryl methyl sites for hydroxylation is 4. The number of benzene rings is 2. The van der Waals surface area contributed by atoms with E-state index in [-0.39, 0.29) is 5.56 Å². The van der Waals surface area contributed by atoms with Crippen molar-refractivity contribution >= 4 is 10.9 Å². The molecule has 0 spiro atoms. The van der Waals surface area contributed by atoms with Crippen LogP contribution in [0.2, 0.25) is 0 Å². The van der Waals surface area contributed by atoms with E-state index in [1.54, 1.807) is 10.9 Å². The molecule has 2 aromatic heterocycles. The summed E-state index contributed by atoms with van der Waals surface area (Å²) in [6.45, 7) is 8.50. The Morgan fingerprint density at radius 2 is 1.63 bits per heavy atom. The van der Waals surface area contributed by atoms with Gasteiger partial charge in [-0.3, -0.25) is 4.79 Å². The van der Waals surface area contributed by atoms with Crippen molar-refractivity contribution < 1.29 is 0 Å². The first-order valence-electron chi connectivity index (χ1n) is 9.02. The van der Waals surface area contributed by atoms with Crippen LogP contribution < -0.4 is 5.56 Å². The Labute approximate surface area is 157 Å². The third kappa shape index (κ3) is 3.05. The SMILES string of the molecule is Cc1ccc(Cn2nc(C)c3cnn(-c4ccc(C)cc4C)c3c2=O)cc1. The Kier molecular flexibility index (Phi) is 4.15. The minimum atomic E-state index is -0.131. The van der Waals surface area contributed by atoms with Crippen molar-refractivity contribution in [2.24, 2.45) is 0 Å². The van der Waals surface area contributed by atoms with Crippen LogP contribution in [0, 0.1) is 27.7 Å². The molecule has 0 atom stereocenters. The van der Waals surface area contributed by atoms with Gasteiger partial charge in [0.25, 0.3) is 5.56 Å². The zero-order valence-corrected chi connectivity index (χ0v) is 16.0. The number of hydrogen-bond donors (Lipinski definition) is 0. The first kappa shape index (κ1) is 17.2. The van der Waals surface area contributed by atoms with Crippen LogP contribution in [0.25, 0.3) is 16.6 Å². The van der Waals surface area contributed by atoms with Gasteiger partial charge in [-0.15, -0.1) is 0 Å². The maximum Gasteiger partial charge on any atom is 0.293 e. The molecule has 0 fully saturated rings. The number of fused-ring (bicyclic) bond motifs is 1. The topological polar surface area (TPSA) is 52.7 Å². The molecule has 0 saturated carbocycles. The van der Waals surface area contributed by atoms with Gasteiger partial charge in [-0.1, -0.05) is 47.5 Å². The molecule has 0 aliphatic heterocycles. The minimum Gasteiger partial charge on any atom is -0.265 e. The lowest BCUT2D eigenvalue weighted by molar-refractivity contribution is 0.634. The highest BCUT2D eigenvalue weighted by atomic mass is 16.1. The second kappa shape index (κ2) is 6.50. The molecule has 0 N–H and O–H groups in total. The highest BCUT2D eigenvalue weighted by Crippen LogP contribution is 2.21. The van der Waals surface area contributed by atoms with E-state index in [4.69, 9.17) is 0 Å². The Morgan fingerprint density at radius 1 is 0.926 bits per heavy atom. The lowest BCUT2D eigenvalue weighted by atomic mass is 10.1. The molecule has 27 heavy (non-hydrogen) atoms. The van der Waals surface area contributed by atoms with Gasteiger partial charge in [0.15, 0.2) is 0 Å². The summed E-state index contributed by atoms with van der Waals surface area (Å²) in [5.74, 6) is 0. The van der Waals surface area contributed by atoms with Gasteiger partial charge in [0.2, 0.25) is 0 Å². The average Bonchev–Trinajstić information content (AvgIpc) is 3.07. The van der Waals surface area contributed by atoms with E-state index >= 15 is 0 Å². The number of rotatable bonds is 3. The van der Waals surface area contributed by atoms with E-state index in [1.165, 1.54) is 15.8 Å². The van der Waals surface area contributed by atoms with Crippen molar-refractivity contribution in [3.8, 4) is 5.69 Å². The highest BCUT2D eigenvalue weighted by molar-refractivity contribution is 5.81. The van der Waals surface area contributed by atoms with Gasteiger partial charge < -0.3 is 0 Å². The highest BCUT2D eigenvalue weighted by Gasteiger charge is 2.16. The van der Waals surface area contributed by atoms with E-state index in [0.717, 1.165) is 27.9 Å². The maximum absolute atomic E-state index is 13.2. The summed E-state index contributed by atoms with van der Waals surface area (Å²) < 4.78 is 3.27. The van der Waals surface area contributed by atoms with E-state index in [2.05, 4.69) is 23.2 Å². The summed E-state index contributed by atoms with van der Waals surface area (Å²) >= 11 is 0. The van der Waals surface area contributed by atoms with Crippen LogP contribution in [0.3, 0.4) is 0 Å². The largest absolute Gasteiger partial charge is 0.293 e. The second-order valence-electron chi connectivity index (χ2n) is 7.14. The van der Waals surface area contributed by atoms with Gasteiger partial charge in [0.05, 0.1) is 24.1 Å². The van der Waals surface area contributed by atoms with Gasteiger partial charge in [-0.2, -0.15) is 10.2 Å². The predicted octanol–water partition coefficient (Wildman–Crippen LogP) is 3.86. The standard InChI is InChI=1S/C22H22N4O/c1-14-5-8-18(9-6-14)13-25-22(27)21-19(17(4)24-25)12-23-26(21)20-10-7-15(2)11-16(20)3/h5-12H,13H2,1-4H3. The molecule has 0 radical (unpaired) electrons. The van der Waals surface area contributed by atoms with Gasteiger partial charge in [0.1, 0.15) is 5.52 Å². The molecule has 5 heteroatoms. The molecule has 0 saturated heterocycles. The molecule has 5 nitrogen and oxygen atoms in total. The molecule has 4 aromatic rings. The monoisotopic (exact) mass is 358 g/mol. The predicted molar refractivity (Wildman–Crippen MR) is 108 cm³/mol. The smallest absolute Gasteiger partial charge is 0.265 e. The molecule has 2 heterocycles. The minimum absolute atomic E-state index is 0.131. The second-order valence-corrected chi connectivity index (χ2v) is 7.14. The van der Waals surface area contributed by atoms with Crippen LogP contribution in [0.4, 0.5) is 0 Å². The van der Waals surface area contributed by atoms with Gasteiger partial charge >= 0.3 is 0 Å². The van der Waals surface area contributed by atoms with Gasteiger partial charge in [0, 0.05) is 5.39 Å². The van der Waals surface area contributed by atoms with Gasteiger partial charge in [-0.05, 0) is 44.9 Å². The van der Waals surface area contributed by atoms with Crippen molar-refractivity contribution in [2.45, 2.75) is 34.2 Å². The third-order valence-electron chi connectivity index (χ3n) is 4.90. The fourth-order valence-corrected chi connectivity index (χ4v) is 3.42. The molecule has 0 unspecified atom stereocenters. The maximum atomic E-state index is 13.2. The van der Waals surface area contributed by atoms with Crippen LogP contribution in [0.15, 0.2) is 53.5 Å². The fourth-order valence-electron chi connectivity index (χ4n) is 3.42. The molecule has 0 aliphatic carbocycles. The molecule has 0 amide bonds. The average molecular weight is 358 g/mol. The van der Waals surface area contributed by atoms with E-state index < -0.39 is 0 Å². The molecular weight excluding hydrogens is 336 g/mol. The van der Waals surface area contributed by atoms with Crippen molar-refractivity contribution in [3.05, 3.63) is 87.0 Å². The first-order valence-corrected chi connectivity index (χ1v) is 9.02. The Balaban J connectivity index is 1.89. The van der Waals surface area contributed by atoms with Crippen molar-refractivity contribution in [1.29, 1.82) is 0 Å². The van der Waals surface area contributed by atoms with Gasteiger partial charge in [-0.25, -0.2) is 9.36 Å². The Hall–Kier alpha value is -3.21. The van der Waals surface area contributed by atoms with Crippen LogP contribution in [0.1, 0.15) is 27.9 Å². The van der Waals surface area contributed by atoms with E-state index in [0.29, 0.717) is 12.1 Å². The van der Waals surface area contributed by atoms with Crippen molar-refractivity contribution in [1.82, 2.24) is 19.6 Å². The molecule has 136 valence electrons. The molecule has 2 aromatic carbocycles. The summed E-state index contributed by atoms with van der Waals surface area (Å²) in [6.07, 6.45) is 1.73. The van der Waals surface area contributed by atoms with Crippen LogP contribution in [-0.4, -0.2) is 19.6 Å². The van der Waals surface area contributed by atoms with Crippen molar-refractivity contribution in [3.63, 3.8) is 0 Å². The summed E-state index contributed by atoms with van der Waals surface area (Å²) in [4.78, 5) is 13.2. The number of aromatic nitrogens is 4. The Bertz CT molecular complexity index is 1200. The molecule has 0 bridgehead atoms. The summed E-state index contributed by atoms with van der Waals surface area (Å²) in [5.41, 5.74) is 6.66.